The van der Waals surface area contributed by atoms with Crippen LogP contribution in [-0.4, -0.2) is 16.9 Å². The topological polar surface area (TPSA) is 57.3 Å². The summed E-state index contributed by atoms with van der Waals surface area (Å²) in [6.45, 7) is 0. The van der Waals surface area contributed by atoms with Crippen LogP contribution in [-0.2, 0) is 0 Å². The van der Waals surface area contributed by atoms with E-state index in [2.05, 4.69) is 14.3 Å². The highest BCUT2D eigenvalue weighted by Gasteiger charge is 2.12. The number of methoxy groups -OCH3 is 1. The van der Waals surface area contributed by atoms with Crippen molar-refractivity contribution in [3.63, 3.8) is 0 Å². The molecular weight excluding hydrogens is 203 g/mol. The third-order valence-electron chi connectivity index (χ3n) is 1.78. The predicted molar refractivity (Wildman–Crippen MR) is 48.6 cm³/mol. The first-order chi connectivity index (χ1) is 7.22. The van der Waals surface area contributed by atoms with Crippen LogP contribution in [0.2, 0.25) is 0 Å². The fourth-order valence-corrected chi connectivity index (χ4v) is 1.12. The van der Waals surface area contributed by atoms with Crippen molar-refractivity contribution in [2.24, 2.45) is 0 Å². The van der Waals surface area contributed by atoms with Crippen LogP contribution in [0.3, 0.4) is 0 Å². The van der Waals surface area contributed by atoms with Crippen molar-refractivity contribution in [2.75, 3.05) is 7.11 Å². The molecule has 0 atom stereocenters. The second-order valence-corrected chi connectivity index (χ2v) is 2.70. The molecule has 6 heteroatoms. The normalized spacial score (nSPS) is 10.3. The molecule has 0 N–H and O–H groups in total. The molecule has 0 fully saturated rings. The van der Waals surface area contributed by atoms with Crippen molar-refractivity contribution >= 4 is 0 Å². The van der Waals surface area contributed by atoms with Crippen LogP contribution in [0.25, 0.3) is 5.69 Å². The van der Waals surface area contributed by atoms with Crippen LogP contribution < -0.4 is 10.5 Å². The monoisotopic (exact) mass is 210 g/mol. The number of hydrogen-bond acceptors (Lipinski definition) is 4. The zero-order valence-electron chi connectivity index (χ0n) is 7.81. The average molecular weight is 210 g/mol. The third-order valence-corrected chi connectivity index (χ3v) is 1.78. The molecule has 0 spiro atoms. The second-order valence-electron chi connectivity index (χ2n) is 2.70. The number of nitrogens with zero attached hydrogens (tertiary/aromatic N) is 2. The van der Waals surface area contributed by atoms with Gasteiger partial charge >= 0.3 is 11.8 Å². The maximum absolute atomic E-state index is 13.3. The molecule has 78 valence electrons. The number of hydrogen-bond donors (Lipinski definition) is 0. The summed E-state index contributed by atoms with van der Waals surface area (Å²) < 4.78 is 23.3. The highest BCUT2D eigenvalue weighted by Crippen LogP contribution is 2.11. The van der Waals surface area contributed by atoms with E-state index in [-0.39, 0.29) is 11.8 Å². The Morgan fingerprint density at radius 3 is 2.80 bits per heavy atom. The summed E-state index contributed by atoms with van der Waals surface area (Å²) in [5.41, 5.74) is 0.0227. The molecule has 1 aromatic heterocycles. The van der Waals surface area contributed by atoms with Gasteiger partial charge in [-0.2, -0.15) is 4.68 Å². The summed E-state index contributed by atoms with van der Waals surface area (Å²) in [5.74, 6) is -1.35. The third kappa shape index (κ3) is 1.61. The van der Waals surface area contributed by atoms with Crippen LogP contribution in [0.1, 0.15) is 0 Å². The molecule has 0 amide bonds. The molecule has 0 aliphatic carbocycles. The van der Waals surface area contributed by atoms with Gasteiger partial charge in [0, 0.05) is 0 Å². The summed E-state index contributed by atoms with van der Waals surface area (Å²) in [6, 6.07) is 5.74. The molecule has 0 unspecified atom stereocenters. The summed E-state index contributed by atoms with van der Waals surface area (Å²) in [6.07, 6.45) is -0.205. The van der Waals surface area contributed by atoms with Gasteiger partial charge in [-0.3, -0.25) is 0 Å². The average Bonchev–Trinajstić information content (AvgIpc) is 2.60. The van der Waals surface area contributed by atoms with Crippen molar-refractivity contribution in [3.05, 3.63) is 40.6 Å². The summed E-state index contributed by atoms with van der Waals surface area (Å²) in [4.78, 5) is 11.2. The number of para-hydroxylation sites is 1. The molecule has 15 heavy (non-hydrogen) atoms. The lowest BCUT2D eigenvalue weighted by Crippen LogP contribution is -2.14. The van der Waals surface area contributed by atoms with Gasteiger partial charge in [-0.05, 0) is 12.1 Å². The van der Waals surface area contributed by atoms with E-state index in [9.17, 15) is 9.18 Å². The van der Waals surface area contributed by atoms with Crippen molar-refractivity contribution in [3.8, 4) is 11.8 Å². The van der Waals surface area contributed by atoms with Crippen LogP contribution in [0.5, 0.6) is 6.08 Å². The Morgan fingerprint density at radius 2 is 2.20 bits per heavy atom. The van der Waals surface area contributed by atoms with E-state index in [1.807, 2.05) is 0 Å². The lowest BCUT2D eigenvalue weighted by atomic mass is 10.3. The molecule has 0 aliphatic heterocycles. The van der Waals surface area contributed by atoms with Crippen LogP contribution in [0.4, 0.5) is 4.39 Å². The zero-order chi connectivity index (χ0) is 10.8. The first-order valence-corrected chi connectivity index (χ1v) is 4.11. The van der Waals surface area contributed by atoms with E-state index < -0.39 is 11.6 Å². The summed E-state index contributed by atoms with van der Waals surface area (Å²) in [7, 11) is 1.30. The summed E-state index contributed by atoms with van der Waals surface area (Å²) in [5, 5.41) is 3.63. The smallest absolute Gasteiger partial charge is 0.444 e. The Balaban J connectivity index is 2.59. The van der Waals surface area contributed by atoms with Crippen molar-refractivity contribution < 1.29 is 13.5 Å². The number of aromatic nitrogens is 2. The molecule has 1 aromatic carbocycles. The number of halogens is 1. The molecular formula is C9H7FN2O3. The maximum atomic E-state index is 13.3. The van der Waals surface area contributed by atoms with Gasteiger partial charge in [-0.15, -0.1) is 0 Å². The van der Waals surface area contributed by atoms with Crippen molar-refractivity contribution in [2.45, 2.75) is 0 Å². The molecule has 2 aromatic rings. The minimum Gasteiger partial charge on any atom is -0.452 e. The van der Waals surface area contributed by atoms with Gasteiger partial charge in [0.15, 0.2) is 0 Å². The number of rotatable bonds is 2. The summed E-state index contributed by atoms with van der Waals surface area (Å²) >= 11 is 0. The highest BCUT2D eigenvalue weighted by atomic mass is 19.1. The molecule has 2 rings (SSSR count). The lowest BCUT2D eigenvalue weighted by Gasteiger charge is -1.98. The van der Waals surface area contributed by atoms with Gasteiger partial charge in [-0.25, -0.2) is 9.18 Å². The first-order valence-electron chi connectivity index (χ1n) is 4.11. The second kappa shape index (κ2) is 3.56. The fourth-order valence-electron chi connectivity index (χ4n) is 1.12. The van der Waals surface area contributed by atoms with Gasteiger partial charge in [0.1, 0.15) is 11.5 Å². The zero-order valence-corrected chi connectivity index (χ0v) is 7.81. The molecule has 0 radical (unpaired) electrons. The molecule has 5 nitrogen and oxygen atoms in total. The molecule has 1 heterocycles. The maximum Gasteiger partial charge on any atom is 0.444 e. The predicted octanol–water partition coefficient (Wildman–Crippen LogP) is 0.973. The Kier molecular flexibility index (Phi) is 2.24. The molecule has 0 saturated carbocycles. The standard InChI is InChI=1S/C9H7FN2O3/c1-14-8-11-12(9(13)15-8)7-5-3-2-4-6(7)10/h2-5H,1H3. The Labute approximate surface area is 83.7 Å². The van der Waals surface area contributed by atoms with Crippen LogP contribution >= 0.6 is 0 Å². The van der Waals surface area contributed by atoms with Gasteiger partial charge in [0.25, 0.3) is 0 Å². The minimum atomic E-state index is -0.794. The minimum absolute atomic E-state index is 0.0227. The van der Waals surface area contributed by atoms with Crippen LogP contribution in [0.15, 0.2) is 33.5 Å². The van der Waals surface area contributed by atoms with Gasteiger partial charge in [0.2, 0.25) is 0 Å². The molecule has 0 bridgehead atoms. The van der Waals surface area contributed by atoms with Crippen molar-refractivity contribution in [1.82, 2.24) is 9.78 Å². The largest absolute Gasteiger partial charge is 0.452 e. The molecule has 0 aliphatic rings. The molecule has 0 saturated heterocycles. The van der Waals surface area contributed by atoms with Gasteiger partial charge < -0.3 is 9.15 Å². The van der Waals surface area contributed by atoms with E-state index in [4.69, 9.17) is 0 Å². The lowest BCUT2D eigenvalue weighted by molar-refractivity contribution is 0.282. The number of ether oxygens (including phenoxy) is 1. The van der Waals surface area contributed by atoms with E-state index in [1.54, 1.807) is 6.07 Å². The Hall–Kier alpha value is -2.11. The quantitative estimate of drug-likeness (QED) is 0.741. The Morgan fingerprint density at radius 1 is 1.47 bits per heavy atom. The van der Waals surface area contributed by atoms with E-state index in [1.165, 1.54) is 25.3 Å². The van der Waals surface area contributed by atoms with Gasteiger partial charge in [-0.1, -0.05) is 17.2 Å². The van der Waals surface area contributed by atoms with Crippen LogP contribution in [0, 0.1) is 5.82 Å². The highest BCUT2D eigenvalue weighted by molar-refractivity contribution is 5.31. The fraction of sp³-hybridized carbons (Fsp3) is 0.111. The van der Waals surface area contributed by atoms with Crippen molar-refractivity contribution in [1.29, 1.82) is 0 Å². The Bertz CT molecular complexity index is 532. The van der Waals surface area contributed by atoms with E-state index >= 15 is 0 Å². The van der Waals surface area contributed by atoms with E-state index in [0.717, 1.165) is 4.68 Å². The first kappa shape index (κ1) is 9.45. The van der Waals surface area contributed by atoms with Gasteiger partial charge in [0.05, 0.1) is 7.11 Å². The van der Waals surface area contributed by atoms with E-state index in [0.29, 0.717) is 0 Å². The number of benzene rings is 1. The SMILES string of the molecule is COc1nn(-c2ccccc2F)c(=O)o1.